The SMILES string of the molecule is CC(C)(C)[C@H](NC(=O)c1nn(CCCCN)c2ccccc12)C(=O)NCC1CNC(=O)O1. The van der Waals surface area contributed by atoms with Crippen LogP contribution >= 0.6 is 0 Å². The highest BCUT2D eigenvalue weighted by Gasteiger charge is 2.35. The van der Waals surface area contributed by atoms with Crippen LogP contribution in [0.3, 0.4) is 0 Å². The van der Waals surface area contributed by atoms with Gasteiger partial charge in [0.25, 0.3) is 5.91 Å². The number of hydrogen-bond donors (Lipinski definition) is 4. The molecule has 174 valence electrons. The Hall–Kier alpha value is -3.14. The Kier molecular flexibility index (Phi) is 7.34. The smallest absolute Gasteiger partial charge is 0.407 e. The first kappa shape index (κ1) is 23.5. The second-order valence-electron chi connectivity index (χ2n) is 9.01. The van der Waals surface area contributed by atoms with Crippen molar-refractivity contribution in [2.24, 2.45) is 11.1 Å². The van der Waals surface area contributed by atoms with E-state index in [4.69, 9.17) is 10.5 Å². The Labute approximate surface area is 187 Å². The number of nitrogens with zero attached hydrogens (tertiary/aromatic N) is 2. The molecule has 1 aromatic carbocycles. The number of carbonyl (C=O) groups is 3. The normalized spacial score (nSPS) is 17.0. The van der Waals surface area contributed by atoms with Gasteiger partial charge in [0.2, 0.25) is 5.91 Å². The summed E-state index contributed by atoms with van der Waals surface area (Å²) in [7, 11) is 0. The van der Waals surface area contributed by atoms with Crippen LogP contribution in [0, 0.1) is 5.41 Å². The molecular weight excluding hydrogens is 412 g/mol. The fourth-order valence-corrected chi connectivity index (χ4v) is 3.61. The van der Waals surface area contributed by atoms with E-state index in [0.29, 0.717) is 19.6 Å². The van der Waals surface area contributed by atoms with Crippen molar-refractivity contribution in [3.05, 3.63) is 30.0 Å². The minimum atomic E-state index is -0.804. The maximum Gasteiger partial charge on any atom is 0.407 e. The van der Waals surface area contributed by atoms with E-state index >= 15 is 0 Å². The number of ether oxygens (including phenoxy) is 1. The average Bonchev–Trinajstić information content (AvgIpc) is 3.33. The molecule has 3 rings (SSSR count). The molecule has 1 fully saturated rings. The molecule has 3 amide bonds. The molecule has 32 heavy (non-hydrogen) atoms. The number of rotatable bonds is 9. The number of aromatic nitrogens is 2. The van der Waals surface area contributed by atoms with Gasteiger partial charge < -0.3 is 26.4 Å². The van der Waals surface area contributed by atoms with Crippen molar-refractivity contribution in [1.29, 1.82) is 0 Å². The molecule has 0 bridgehead atoms. The molecule has 0 spiro atoms. The lowest BCUT2D eigenvalue weighted by molar-refractivity contribution is -0.125. The number of benzene rings is 1. The first-order chi connectivity index (χ1) is 15.2. The number of nitrogens with two attached hydrogens (primary N) is 1. The van der Waals surface area contributed by atoms with Crippen molar-refractivity contribution in [2.45, 2.75) is 52.3 Å². The van der Waals surface area contributed by atoms with Gasteiger partial charge in [-0.05, 0) is 30.9 Å². The van der Waals surface area contributed by atoms with E-state index in [9.17, 15) is 14.4 Å². The summed E-state index contributed by atoms with van der Waals surface area (Å²) in [5.41, 5.74) is 6.19. The van der Waals surface area contributed by atoms with E-state index in [1.807, 2.05) is 49.7 Å². The Morgan fingerprint density at radius 1 is 1.31 bits per heavy atom. The molecule has 0 saturated carbocycles. The Bertz CT molecular complexity index is 980. The van der Waals surface area contributed by atoms with Crippen LogP contribution in [-0.2, 0) is 16.1 Å². The minimum Gasteiger partial charge on any atom is -0.442 e. The van der Waals surface area contributed by atoms with Gasteiger partial charge in [-0.2, -0.15) is 5.10 Å². The fraction of sp³-hybridized carbons (Fsp3) is 0.545. The molecule has 10 heteroatoms. The van der Waals surface area contributed by atoms with Crippen molar-refractivity contribution in [1.82, 2.24) is 25.7 Å². The highest BCUT2D eigenvalue weighted by molar-refractivity contribution is 6.06. The van der Waals surface area contributed by atoms with Crippen molar-refractivity contribution >= 4 is 28.8 Å². The molecule has 0 aliphatic carbocycles. The van der Waals surface area contributed by atoms with E-state index < -0.39 is 29.6 Å². The van der Waals surface area contributed by atoms with E-state index in [-0.39, 0.29) is 18.1 Å². The Morgan fingerprint density at radius 2 is 2.06 bits per heavy atom. The number of carbonyl (C=O) groups excluding carboxylic acids is 3. The molecule has 5 N–H and O–H groups in total. The minimum absolute atomic E-state index is 0.165. The largest absolute Gasteiger partial charge is 0.442 e. The third kappa shape index (κ3) is 5.56. The second kappa shape index (κ2) is 9.99. The summed E-state index contributed by atoms with van der Waals surface area (Å²) in [5.74, 6) is -0.761. The van der Waals surface area contributed by atoms with Crippen LogP contribution in [0.25, 0.3) is 10.9 Å². The number of unbranched alkanes of at least 4 members (excludes halogenated alkanes) is 1. The molecule has 2 atom stereocenters. The van der Waals surface area contributed by atoms with Gasteiger partial charge in [-0.1, -0.05) is 39.0 Å². The zero-order chi connectivity index (χ0) is 23.3. The topological polar surface area (TPSA) is 140 Å². The maximum absolute atomic E-state index is 13.2. The molecule has 1 saturated heterocycles. The van der Waals surface area contributed by atoms with Crippen molar-refractivity contribution < 1.29 is 19.1 Å². The monoisotopic (exact) mass is 444 g/mol. The summed E-state index contributed by atoms with van der Waals surface area (Å²) >= 11 is 0. The lowest BCUT2D eigenvalue weighted by Gasteiger charge is -2.30. The molecule has 1 unspecified atom stereocenters. The summed E-state index contributed by atoms with van der Waals surface area (Å²) in [5, 5.41) is 13.5. The van der Waals surface area contributed by atoms with Gasteiger partial charge in [0, 0.05) is 11.9 Å². The average molecular weight is 445 g/mol. The highest BCUT2D eigenvalue weighted by atomic mass is 16.6. The number of amides is 3. The van der Waals surface area contributed by atoms with Gasteiger partial charge >= 0.3 is 6.09 Å². The van der Waals surface area contributed by atoms with Crippen LogP contribution in [0.15, 0.2) is 24.3 Å². The second-order valence-corrected chi connectivity index (χ2v) is 9.01. The molecule has 1 aliphatic rings. The molecule has 2 heterocycles. The van der Waals surface area contributed by atoms with Gasteiger partial charge in [0.05, 0.1) is 18.6 Å². The van der Waals surface area contributed by atoms with Gasteiger partial charge in [-0.3, -0.25) is 14.3 Å². The van der Waals surface area contributed by atoms with Crippen LogP contribution in [0.4, 0.5) is 4.79 Å². The van der Waals surface area contributed by atoms with E-state index in [0.717, 1.165) is 23.7 Å². The molecule has 2 aromatic rings. The summed E-state index contributed by atoms with van der Waals surface area (Å²) < 4.78 is 6.86. The van der Waals surface area contributed by atoms with E-state index in [1.165, 1.54) is 0 Å². The zero-order valence-corrected chi connectivity index (χ0v) is 18.8. The Balaban J connectivity index is 1.75. The highest BCUT2D eigenvalue weighted by Crippen LogP contribution is 2.23. The number of alkyl carbamates (subject to hydrolysis) is 1. The van der Waals surface area contributed by atoms with Crippen molar-refractivity contribution in [3.8, 4) is 0 Å². The molecule has 10 nitrogen and oxygen atoms in total. The van der Waals surface area contributed by atoms with Crippen LogP contribution in [0.2, 0.25) is 0 Å². The maximum atomic E-state index is 13.2. The summed E-state index contributed by atoms with van der Waals surface area (Å²) in [6.45, 7) is 7.37. The third-order valence-electron chi connectivity index (χ3n) is 5.35. The first-order valence-corrected chi connectivity index (χ1v) is 10.9. The molecular formula is C22H32N6O4. The lowest BCUT2D eigenvalue weighted by Crippen LogP contribution is -2.54. The number of hydrogen-bond acceptors (Lipinski definition) is 6. The number of aryl methyl sites for hydroxylation is 1. The Morgan fingerprint density at radius 3 is 2.72 bits per heavy atom. The zero-order valence-electron chi connectivity index (χ0n) is 18.8. The summed E-state index contributed by atoms with van der Waals surface area (Å²) in [4.78, 5) is 37.3. The predicted octanol–water partition coefficient (Wildman–Crippen LogP) is 1.14. The molecule has 0 radical (unpaired) electrons. The molecule has 1 aliphatic heterocycles. The van der Waals surface area contributed by atoms with Gasteiger partial charge in [0.15, 0.2) is 5.69 Å². The van der Waals surface area contributed by atoms with E-state index in [1.54, 1.807) is 0 Å². The van der Waals surface area contributed by atoms with Crippen LogP contribution in [0.5, 0.6) is 0 Å². The fourth-order valence-electron chi connectivity index (χ4n) is 3.61. The predicted molar refractivity (Wildman–Crippen MR) is 120 cm³/mol. The third-order valence-corrected chi connectivity index (χ3v) is 5.35. The molecule has 1 aromatic heterocycles. The number of fused-ring (bicyclic) bond motifs is 1. The van der Waals surface area contributed by atoms with Crippen molar-refractivity contribution in [3.63, 3.8) is 0 Å². The van der Waals surface area contributed by atoms with E-state index in [2.05, 4.69) is 21.0 Å². The van der Waals surface area contributed by atoms with Crippen LogP contribution in [0.1, 0.15) is 44.1 Å². The van der Waals surface area contributed by atoms with Gasteiger partial charge in [0.1, 0.15) is 12.1 Å². The van der Waals surface area contributed by atoms with Crippen LogP contribution in [-0.4, -0.2) is 59.5 Å². The quantitative estimate of drug-likeness (QED) is 0.428. The number of para-hydroxylation sites is 1. The number of nitrogens with one attached hydrogen (secondary N) is 3. The van der Waals surface area contributed by atoms with Gasteiger partial charge in [-0.25, -0.2) is 4.79 Å². The number of cyclic esters (lactones) is 1. The van der Waals surface area contributed by atoms with Crippen LogP contribution < -0.4 is 21.7 Å². The van der Waals surface area contributed by atoms with Crippen molar-refractivity contribution in [2.75, 3.05) is 19.6 Å². The summed E-state index contributed by atoms with van der Waals surface area (Å²) in [6, 6.07) is 6.73. The lowest BCUT2D eigenvalue weighted by atomic mass is 9.86. The summed E-state index contributed by atoms with van der Waals surface area (Å²) in [6.07, 6.45) is 0.791. The van der Waals surface area contributed by atoms with Gasteiger partial charge in [-0.15, -0.1) is 0 Å². The standard InChI is InChI=1S/C22H32N6O4/c1-22(2,3)18(20(30)24-12-14-13-25-21(31)32-14)26-19(29)17-15-8-4-5-9-16(15)28(27-17)11-7-6-10-23/h4-5,8-9,14,18H,6-7,10-13,23H2,1-3H3,(H,24,30)(H,25,31)(H,26,29)/t14?,18-/m1/s1. The first-order valence-electron chi connectivity index (χ1n) is 10.9.